The van der Waals surface area contributed by atoms with Crippen LogP contribution < -0.4 is 4.74 Å². The van der Waals surface area contributed by atoms with Crippen molar-refractivity contribution in [1.82, 2.24) is 0 Å². The summed E-state index contributed by atoms with van der Waals surface area (Å²) in [6, 6.07) is 13.8. The second-order valence-corrected chi connectivity index (χ2v) is 3.88. The van der Waals surface area contributed by atoms with Gasteiger partial charge in [-0.2, -0.15) is 5.26 Å². The van der Waals surface area contributed by atoms with E-state index >= 15 is 0 Å². The van der Waals surface area contributed by atoms with E-state index in [-0.39, 0.29) is 5.56 Å². The summed E-state index contributed by atoms with van der Waals surface area (Å²) in [7, 11) is 1.51. The maximum absolute atomic E-state index is 10.8. The smallest absolute Gasteiger partial charge is 0.335 e. The van der Waals surface area contributed by atoms with Gasteiger partial charge in [-0.05, 0) is 23.8 Å². The third-order valence-corrected chi connectivity index (χ3v) is 2.78. The number of nitriles is 1. The van der Waals surface area contributed by atoms with Crippen LogP contribution in [-0.2, 0) is 0 Å². The Kier molecular flexibility index (Phi) is 3.48. The minimum absolute atomic E-state index is 0.221. The van der Waals surface area contributed by atoms with Crippen LogP contribution in [0.15, 0.2) is 42.5 Å². The van der Waals surface area contributed by atoms with E-state index < -0.39 is 5.97 Å². The van der Waals surface area contributed by atoms with Crippen molar-refractivity contribution < 1.29 is 14.6 Å². The Balaban J connectivity index is 2.53. The summed E-state index contributed by atoms with van der Waals surface area (Å²) in [5.41, 5.74) is 2.24. The molecule has 0 heterocycles. The van der Waals surface area contributed by atoms with Crippen molar-refractivity contribution >= 4 is 5.97 Å². The topological polar surface area (TPSA) is 70.3 Å². The third-order valence-electron chi connectivity index (χ3n) is 2.78. The van der Waals surface area contributed by atoms with Crippen LogP contribution >= 0.6 is 0 Å². The van der Waals surface area contributed by atoms with E-state index in [0.717, 1.165) is 11.1 Å². The monoisotopic (exact) mass is 253 g/mol. The number of methoxy groups -OCH3 is 1. The Morgan fingerprint density at radius 2 is 1.89 bits per heavy atom. The zero-order valence-electron chi connectivity index (χ0n) is 10.3. The molecule has 0 aliphatic rings. The SMILES string of the molecule is COc1c(C#N)cccc1-c1ccc(C(=O)O)cc1. The van der Waals surface area contributed by atoms with Gasteiger partial charge in [-0.3, -0.25) is 0 Å². The van der Waals surface area contributed by atoms with Crippen LogP contribution in [0.5, 0.6) is 5.75 Å². The summed E-state index contributed by atoms with van der Waals surface area (Å²) in [6.07, 6.45) is 0. The number of ether oxygens (including phenoxy) is 1. The van der Waals surface area contributed by atoms with Crippen LogP contribution in [0, 0.1) is 11.3 Å². The first-order chi connectivity index (χ1) is 9.17. The highest BCUT2D eigenvalue weighted by molar-refractivity contribution is 5.88. The molecular weight excluding hydrogens is 242 g/mol. The second kappa shape index (κ2) is 5.23. The van der Waals surface area contributed by atoms with Gasteiger partial charge in [0.1, 0.15) is 11.8 Å². The van der Waals surface area contributed by atoms with E-state index in [1.165, 1.54) is 19.2 Å². The maximum Gasteiger partial charge on any atom is 0.335 e. The standard InChI is InChI=1S/C15H11NO3/c1-19-14-12(9-16)3-2-4-13(14)10-5-7-11(8-6-10)15(17)18/h2-8H,1H3,(H,17,18). The Bertz CT molecular complexity index is 654. The van der Waals surface area contributed by atoms with Crippen molar-refractivity contribution in [1.29, 1.82) is 5.26 Å². The van der Waals surface area contributed by atoms with Gasteiger partial charge in [0, 0.05) is 5.56 Å². The number of rotatable bonds is 3. The molecule has 0 spiro atoms. The van der Waals surface area contributed by atoms with Crippen LogP contribution in [0.1, 0.15) is 15.9 Å². The van der Waals surface area contributed by atoms with Crippen LogP contribution in [-0.4, -0.2) is 18.2 Å². The maximum atomic E-state index is 10.8. The minimum Gasteiger partial charge on any atom is -0.495 e. The lowest BCUT2D eigenvalue weighted by molar-refractivity contribution is 0.0697. The van der Waals surface area contributed by atoms with E-state index in [4.69, 9.17) is 15.1 Å². The van der Waals surface area contributed by atoms with Gasteiger partial charge in [-0.25, -0.2) is 4.79 Å². The molecular formula is C15H11NO3. The number of hydrogen-bond acceptors (Lipinski definition) is 3. The molecule has 4 heteroatoms. The lowest BCUT2D eigenvalue weighted by Gasteiger charge is -2.10. The van der Waals surface area contributed by atoms with Crippen molar-refractivity contribution in [3.05, 3.63) is 53.6 Å². The number of benzene rings is 2. The molecule has 0 saturated carbocycles. The van der Waals surface area contributed by atoms with E-state index in [1.807, 2.05) is 6.07 Å². The summed E-state index contributed by atoms with van der Waals surface area (Å²) >= 11 is 0. The highest BCUT2D eigenvalue weighted by Crippen LogP contribution is 2.32. The summed E-state index contributed by atoms with van der Waals surface area (Å²) in [5.74, 6) is -0.475. The van der Waals surface area contributed by atoms with Crippen LogP contribution in [0.4, 0.5) is 0 Å². The van der Waals surface area contributed by atoms with Crippen LogP contribution in [0.3, 0.4) is 0 Å². The molecule has 0 aromatic heterocycles. The van der Waals surface area contributed by atoms with Gasteiger partial charge in [0.15, 0.2) is 0 Å². The second-order valence-electron chi connectivity index (χ2n) is 3.88. The average Bonchev–Trinajstić information content (AvgIpc) is 2.46. The Hall–Kier alpha value is -2.80. The third kappa shape index (κ3) is 2.40. The molecule has 0 aliphatic carbocycles. The fourth-order valence-electron chi connectivity index (χ4n) is 1.86. The first-order valence-corrected chi connectivity index (χ1v) is 5.58. The lowest BCUT2D eigenvalue weighted by Crippen LogP contribution is -1.96. The average molecular weight is 253 g/mol. The van der Waals surface area contributed by atoms with Gasteiger partial charge < -0.3 is 9.84 Å². The number of carboxylic acids is 1. The summed E-state index contributed by atoms with van der Waals surface area (Å²) in [4.78, 5) is 10.8. The molecule has 2 aromatic carbocycles. The molecule has 19 heavy (non-hydrogen) atoms. The number of carbonyl (C=O) groups is 1. The van der Waals surface area contributed by atoms with Crippen molar-refractivity contribution in [2.45, 2.75) is 0 Å². The van der Waals surface area contributed by atoms with Crippen LogP contribution in [0.2, 0.25) is 0 Å². The molecule has 2 rings (SSSR count). The Morgan fingerprint density at radius 1 is 1.21 bits per heavy atom. The fourth-order valence-corrected chi connectivity index (χ4v) is 1.86. The molecule has 4 nitrogen and oxygen atoms in total. The van der Waals surface area contributed by atoms with E-state index in [0.29, 0.717) is 11.3 Å². The molecule has 0 atom stereocenters. The van der Waals surface area contributed by atoms with Gasteiger partial charge in [0.05, 0.1) is 18.2 Å². The van der Waals surface area contributed by atoms with Gasteiger partial charge in [0.25, 0.3) is 0 Å². The number of carboxylic acid groups (broad SMARTS) is 1. The van der Waals surface area contributed by atoms with E-state index in [9.17, 15) is 4.79 Å². The first-order valence-electron chi connectivity index (χ1n) is 5.58. The highest BCUT2D eigenvalue weighted by Gasteiger charge is 2.11. The number of hydrogen-bond donors (Lipinski definition) is 1. The highest BCUT2D eigenvalue weighted by atomic mass is 16.5. The molecule has 2 aromatic rings. The number of nitrogens with zero attached hydrogens (tertiary/aromatic N) is 1. The Labute approximate surface area is 110 Å². The fraction of sp³-hybridized carbons (Fsp3) is 0.0667. The summed E-state index contributed by atoms with van der Waals surface area (Å²) in [5, 5.41) is 17.9. The van der Waals surface area contributed by atoms with E-state index in [2.05, 4.69) is 6.07 Å². The zero-order chi connectivity index (χ0) is 13.8. The minimum atomic E-state index is -0.968. The molecule has 1 N–H and O–H groups in total. The number of aromatic carboxylic acids is 1. The molecule has 0 aliphatic heterocycles. The molecule has 0 amide bonds. The Morgan fingerprint density at radius 3 is 2.42 bits per heavy atom. The van der Waals surface area contributed by atoms with E-state index in [1.54, 1.807) is 24.3 Å². The lowest BCUT2D eigenvalue weighted by atomic mass is 10.0. The number of para-hydroxylation sites is 1. The van der Waals surface area contributed by atoms with Gasteiger partial charge >= 0.3 is 5.97 Å². The van der Waals surface area contributed by atoms with Gasteiger partial charge in [-0.15, -0.1) is 0 Å². The van der Waals surface area contributed by atoms with Gasteiger partial charge in [-0.1, -0.05) is 24.3 Å². The van der Waals surface area contributed by atoms with Gasteiger partial charge in [0.2, 0.25) is 0 Å². The zero-order valence-corrected chi connectivity index (χ0v) is 10.3. The predicted octanol–water partition coefficient (Wildman–Crippen LogP) is 2.93. The largest absolute Gasteiger partial charge is 0.495 e. The van der Waals surface area contributed by atoms with Crippen LogP contribution in [0.25, 0.3) is 11.1 Å². The molecule has 94 valence electrons. The molecule has 0 saturated heterocycles. The predicted molar refractivity (Wildman–Crippen MR) is 70.1 cm³/mol. The first kappa shape index (κ1) is 12.7. The quantitative estimate of drug-likeness (QED) is 0.912. The summed E-state index contributed by atoms with van der Waals surface area (Å²) < 4.78 is 5.26. The van der Waals surface area contributed by atoms with Crippen molar-refractivity contribution in [3.8, 4) is 22.9 Å². The van der Waals surface area contributed by atoms with Crippen molar-refractivity contribution in [3.63, 3.8) is 0 Å². The molecule has 0 unspecified atom stereocenters. The normalized spacial score (nSPS) is 9.68. The van der Waals surface area contributed by atoms with Crippen molar-refractivity contribution in [2.24, 2.45) is 0 Å². The molecule has 0 bridgehead atoms. The summed E-state index contributed by atoms with van der Waals surface area (Å²) in [6.45, 7) is 0. The molecule has 0 fully saturated rings. The molecule has 0 radical (unpaired) electrons. The van der Waals surface area contributed by atoms with Crippen molar-refractivity contribution in [2.75, 3.05) is 7.11 Å².